The fraction of sp³-hybridized carbons (Fsp3) is 0.500. The Morgan fingerprint density at radius 3 is 2.67 bits per heavy atom. The van der Waals surface area contributed by atoms with Gasteiger partial charge in [0.05, 0.1) is 25.0 Å². The van der Waals surface area contributed by atoms with Crippen molar-refractivity contribution in [3.63, 3.8) is 0 Å². The molecular weight excluding hydrogens is 194 g/mol. The van der Waals surface area contributed by atoms with Crippen molar-refractivity contribution >= 4 is 5.69 Å². The molecule has 7 heteroatoms. The number of anilines is 1. The fourth-order valence-corrected chi connectivity index (χ4v) is 1.34. The molecule has 0 bridgehead atoms. The molecule has 2 heterocycles. The Balaban J connectivity index is 2.01. The Morgan fingerprint density at radius 2 is 2.13 bits per heavy atom. The minimum Gasteiger partial charge on any atom is -0.375 e. The van der Waals surface area contributed by atoms with Crippen LogP contribution in [0.15, 0.2) is 6.20 Å². The van der Waals surface area contributed by atoms with E-state index >= 15 is 0 Å². The summed E-state index contributed by atoms with van der Waals surface area (Å²) in [7, 11) is 3.63. The van der Waals surface area contributed by atoms with E-state index in [1.807, 2.05) is 20.2 Å². The Bertz CT molecular complexity index is 455. The molecule has 2 aromatic rings. The summed E-state index contributed by atoms with van der Waals surface area (Å²) in [5, 5.41) is 19.1. The van der Waals surface area contributed by atoms with E-state index in [2.05, 4.69) is 25.8 Å². The van der Waals surface area contributed by atoms with Gasteiger partial charge in [0.1, 0.15) is 0 Å². The van der Waals surface area contributed by atoms with Gasteiger partial charge in [-0.15, -0.1) is 10.2 Å². The summed E-state index contributed by atoms with van der Waals surface area (Å²) in [5.41, 5.74) is 1.95. The van der Waals surface area contributed by atoms with Gasteiger partial charge in [-0.2, -0.15) is 9.90 Å². The molecule has 1 N–H and O–H groups in total. The average molecular weight is 207 g/mol. The number of tetrazole rings is 1. The van der Waals surface area contributed by atoms with E-state index in [0.717, 1.165) is 11.4 Å². The third-order valence-electron chi connectivity index (χ3n) is 2.00. The Kier molecular flexibility index (Phi) is 2.36. The van der Waals surface area contributed by atoms with E-state index in [0.29, 0.717) is 12.4 Å². The van der Waals surface area contributed by atoms with Crippen molar-refractivity contribution in [2.24, 2.45) is 14.1 Å². The minimum atomic E-state index is 0.556. The summed E-state index contributed by atoms with van der Waals surface area (Å²) in [6, 6.07) is 0. The number of nitrogens with one attached hydrogen (secondary N) is 1. The summed E-state index contributed by atoms with van der Waals surface area (Å²) in [5.74, 6) is 0.667. The third kappa shape index (κ3) is 2.12. The number of hydrogen-bond acceptors (Lipinski definition) is 5. The first kappa shape index (κ1) is 9.63. The molecule has 0 aliphatic carbocycles. The summed E-state index contributed by atoms with van der Waals surface area (Å²) in [4.78, 5) is 1.44. The highest BCUT2D eigenvalue weighted by Crippen LogP contribution is 2.11. The molecule has 2 rings (SSSR count). The first-order chi connectivity index (χ1) is 7.15. The van der Waals surface area contributed by atoms with Crippen molar-refractivity contribution < 1.29 is 0 Å². The van der Waals surface area contributed by atoms with Gasteiger partial charge in [-0.25, -0.2) is 0 Å². The van der Waals surface area contributed by atoms with Gasteiger partial charge in [0.25, 0.3) is 0 Å². The van der Waals surface area contributed by atoms with E-state index in [1.54, 1.807) is 11.7 Å². The zero-order chi connectivity index (χ0) is 10.8. The summed E-state index contributed by atoms with van der Waals surface area (Å²) in [6.45, 7) is 2.51. The molecular formula is C8H13N7. The van der Waals surface area contributed by atoms with Crippen molar-refractivity contribution in [2.75, 3.05) is 5.32 Å². The molecule has 2 aromatic heterocycles. The van der Waals surface area contributed by atoms with Gasteiger partial charge in [0.2, 0.25) is 0 Å². The van der Waals surface area contributed by atoms with Crippen molar-refractivity contribution in [1.29, 1.82) is 0 Å². The number of aryl methyl sites for hydroxylation is 3. The topological polar surface area (TPSA) is 73.5 Å². The van der Waals surface area contributed by atoms with Gasteiger partial charge in [-0.3, -0.25) is 4.68 Å². The van der Waals surface area contributed by atoms with Crippen LogP contribution in [-0.4, -0.2) is 30.0 Å². The fourth-order valence-electron chi connectivity index (χ4n) is 1.34. The first-order valence-electron chi connectivity index (χ1n) is 4.62. The van der Waals surface area contributed by atoms with Crippen LogP contribution in [0.3, 0.4) is 0 Å². The molecule has 0 spiro atoms. The van der Waals surface area contributed by atoms with E-state index in [1.165, 1.54) is 4.80 Å². The normalized spacial score (nSPS) is 10.6. The van der Waals surface area contributed by atoms with E-state index in [4.69, 9.17) is 0 Å². The lowest BCUT2D eigenvalue weighted by Gasteiger charge is -1.99. The quantitative estimate of drug-likeness (QED) is 0.758. The van der Waals surface area contributed by atoms with Crippen LogP contribution in [0.2, 0.25) is 0 Å². The molecule has 0 aromatic carbocycles. The molecule has 0 saturated carbocycles. The van der Waals surface area contributed by atoms with E-state index in [-0.39, 0.29) is 0 Å². The Hall–Kier alpha value is -1.92. The molecule has 7 nitrogen and oxygen atoms in total. The van der Waals surface area contributed by atoms with Crippen LogP contribution in [0.4, 0.5) is 5.69 Å². The van der Waals surface area contributed by atoms with Crippen molar-refractivity contribution in [3.05, 3.63) is 17.7 Å². The zero-order valence-electron chi connectivity index (χ0n) is 8.97. The molecule has 0 aliphatic heterocycles. The zero-order valence-corrected chi connectivity index (χ0v) is 8.97. The first-order valence-corrected chi connectivity index (χ1v) is 4.62. The maximum absolute atomic E-state index is 4.22. The lowest BCUT2D eigenvalue weighted by molar-refractivity contribution is 0.628. The van der Waals surface area contributed by atoms with Gasteiger partial charge < -0.3 is 5.32 Å². The van der Waals surface area contributed by atoms with Crippen molar-refractivity contribution in [2.45, 2.75) is 13.5 Å². The highest BCUT2D eigenvalue weighted by molar-refractivity contribution is 5.45. The molecule has 15 heavy (non-hydrogen) atoms. The van der Waals surface area contributed by atoms with Gasteiger partial charge in [-0.1, -0.05) is 0 Å². The van der Waals surface area contributed by atoms with E-state index < -0.39 is 0 Å². The smallest absolute Gasteiger partial charge is 0.193 e. The summed E-state index contributed by atoms with van der Waals surface area (Å²) < 4.78 is 1.77. The van der Waals surface area contributed by atoms with E-state index in [9.17, 15) is 0 Å². The van der Waals surface area contributed by atoms with Gasteiger partial charge in [-0.05, 0) is 12.1 Å². The van der Waals surface area contributed by atoms with Crippen LogP contribution in [-0.2, 0) is 20.6 Å². The molecule has 80 valence electrons. The maximum atomic E-state index is 4.22. The van der Waals surface area contributed by atoms with Gasteiger partial charge in [0, 0.05) is 13.2 Å². The lowest BCUT2D eigenvalue weighted by atomic mass is 10.4. The molecule has 0 unspecified atom stereocenters. The van der Waals surface area contributed by atoms with Crippen LogP contribution < -0.4 is 5.32 Å². The van der Waals surface area contributed by atoms with Crippen LogP contribution in [0.25, 0.3) is 0 Å². The Morgan fingerprint density at radius 1 is 1.33 bits per heavy atom. The van der Waals surface area contributed by atoms with Crippen molar-refractivity contribution in [3.8, 4) is 0 Å². The number of rotatable bonds is 3. The number of hydrogen-bond donors (Lipinski definition) is 1. The third-order valence-corrected chi connectivity index (χ3v) is 2.00. The Labute approximate surface area is 87.1 Å². The maximum Gasteiger partial charge on any atom is 0.193 e. The monoisotopic (exact) mass is 207 g/mol. The highest BCUT2D eigenvalue weighted by atomic mass is 15.6. The second-order valence-corrected chi connectivity index (χ2v) is 3.35. The highest BCUT2D eigenvalue weighted by Gasteiger charge is 2.04. The SMILES string of the molecule is Cc1nn(C)cc1NCc1nnn(C)n1. The molecule has 0 atom stereocenters. The second kappa shape index (κ2) is 3.68. The largest absolute Gasteiger partial charge is 0.375 e. The number of aromatic nitrogens is 6. The molecule has 0 radical (unpaired) electrons. The average Bonchev–Trinajstić information content (AvgIpc) is 2.70. The summed E-state index contributed by atoms with van der Waals surface area (Å²) >= 11 is 0. The van der Waals surface area contributed by atoms with Crippen LogP contribution >= 0.6 is 0 Å². The summed E-state index contributed by atoms with van der Waals surface area (Å²) in [6.07, 6.45) is 1.92. The predicted octanol–water partition coefficient (Wildman–Crippen LogP) is -0.136. The van der Waals surface area contributed by atoms with Crippen LogP contribution in [0.5, 0.6) is 0 Å². The second-order valence-electron chi connectivity index (χ2n) is 3.35. The molecule has 0 amide bonds. The van der Waals surface area contributed by atoms with Crippen molar-refractivity contribution in [1.82, 2.24) is 30.0 Å². The molecule has 0 saturated heterocycles. The number of nitrogens with zero attached hydrogens (tertiary/aromatic N) is 6. The lowest BCUT2D eigenvalue weighted by Crippen LogP contribution is -2.02. The molecule has 0 aliphatic rings. The standard InChI is InChI=1S/C8H13N7/c1-6-7(5-14(2)11-6)9-4-8-10-13-15(3)12-8/h5,9H,4H2,1-3H3. The minimum absolute atomic E-state index is 0.556. The van der Waals surface area contributed by atoms with Crippen LogP contribution in [0.1, 0.15) is 11.5 Å². The van der Waals surface area contributed by atoms with Gasteiger partial charge in [0.15, 0.2) is 5.82 Å². The van der Waals surface area contributed by atoms with Crippen LogP contribution in [0, 0.1) is 6.92 Å². The van der Waals surface area contributed by atoms with Gasteiger partial charge >= 0.3 is 0 Å². The molecule has 0 fully saturated rings. The predicted molar refractivity (Wildman–Crippen MR) is 54.1 cm³/mol.